The number of carboxylic acids is 1. The van der Waals surface area contributed by atoms with Gasteiger partial charge in [-0.25, -0.2) is 4.39 Å². The molecule has 1 unspecified atom stereocenters. The lowest BCUT2D eigenvalue weighted by molar-refractivity contribution is -0.138. The molecule has 2 aromatic carbocycles. The van der Waals surface area contributed by atoms with E-state index in [-0.39, 0.29) is 18.8 Å². The molecule has 0 aliphatic heterocycles. The lowest BCUT2D eigenvalue weighted by atomic mass is 9.82. The van der Waals surface area contributed by atoms with Crippen LogP contribution in [0.25, 0.3) is 11.1 Å². The number of rotatable bonds is 8. The molecule has 3 rings (SSSR count). The van der Waals surface area contributed by atoms with Crippen LogP contribution in [0.15, 0.2) is 48.5 Å². The van der Waals surface area contributed by atoms with Gasteiger partial charge >= 0.3 is 5.97 Å². The molecule has 4 nitrogen and oxygen atoms in total. The molecule has 1 atom stereocenters. The number of hydrogen-bond donors (Lipinski definition) is 2. The van der Waals surface area contributed by atoms with Crippen molar-refractivity contribution in [2.45, 2.75) is 53.0 Å². The van der Waals surface area contributed by atoms with E-state index in [2.05, 4.69) is 13.8 Å². The monoisotopic (exact) mass is 434 g/mol. The van der Waals surface area contributed by atoms with Crippen molar-refractivity contribution < 1.29 is 14.3 Å². The molecule has 5 heteroatoms. The molecule has 3 N–H and O–H groups in total. The Bertz CT molecular complexity index is 1090. The molecule has 0 saturated heterocycles. The molecule has 0 spiro atoms. The number of aliphatic carboxylic acids is 1. The first-order valence-electron chi connectivity index (χ1n) is 11.0. The normalized spacial score (nSPS) is 12.2. The van der Waals surface area contributed by atoms with Gasteiger partial charge in [0.2, 0.25) is 0 Å². The van der Waals surface area contributed by atoms with Gasteiger partial charge in [-0.3, -0.25) is 9.78 Å². The van der Waals surface area contributed by atoms with E-state index < -0.39 is 11.9 Å². The quantitative estimate of drug-likeness (QED) is 0.486. The molecular weight excluding hydrogens is 403 g/mol. The average molecular weight is 435 g/mol. The standard InChI is InChI=1S/C27H31FN2O2/c1-16(2)13-24-23(15-29)26(20-9-5-17(3)6-10-20)25(18(4)30-24)22(27(31)32)14-19-7-11-21(28)12-8-19/h5-12,16,22H,13-15,29H2,1-4H3,(H,31,32). The fourth-order valence-electron chi connectivity index (χ4n) is 4.24. The second kappa shape index (κ2) is 10.0. The summed E-state index contributed by atoms with van der Waals surface area (Å²) in [7, 11) is 0. The van der Waals surface area contributed by atoms with Crippen LogP contribution in [-0.4, -0.2) is 16.1 Å². The molecule has 0 fully saturated rings. The first kappa shape index (κ1) is 23.6. The zero-order valence-electron chi connectivity index (χ0n) is 19.2. The van der Waals surface area contributed by atoms with Gasteiger partial charge in [-0.05, 0) is 72.6 Å². The van der Waals surface area contributed by atoms with Gasteiger partial charge in [0, 0.05) is 17.9 Å². The maximum atomic E-state index is 13.4. The van der Waals surface area contributed by atoms with Crippen molar-refractivity contribution in [3.63, 3.8) is 0 Å². The molecule has 0 amide bonds. The Balaban J connectivity index is 2.26. The zero-order valence-corrected chi connectivity index (χ0v) is 19.2. The van der Waals surface area contributed by atoms with Gasteiger partial charge in [-0.2, -0.15) is 0 Å². The van der Waals surface area contributed by atoms with Gasteiger partial charge in [0.25, 0.3) is 0 Å². The Hall–Kier alpha value is -3.05. The smallest absolute Gasteiger partial charge is 0.311 e. The topological polar surface area (TPSA) is 76.2 Å². The van der Waals surface area contributed by atoms with E-state index in [0.29, 0.717) is 17.2 Å². The molecule has 1 heterocycles. The summed E-state index contributed by atoms with van der Waals surface area (Å²) < 4.78 is 13.4. The van der Waals surface area contributed by atoms with Gasteiger partial charge in [0.1, 0.15) is 5.82 Å². The third kappa shape index (κ3) is 5.22. The summed E-state index contributed by atoms with van der Waals surface area (Å²) in [6.45, 7) is 8.42. The average Bonchev–Trinajstić information content (AvgIpc) is 2.73. The number of benzene rings is 2. The Morgan fingerprint density at radius 1 is 1.03 bits per heavy atom. The van der Waals surface area contributed by atoms with E-state index in [4.69, 9.17) is 10.7 Å². The maximum Gasteiger partial charge on any atom is 0.311 e. The van der Waals surface area contributed by atoms with Crippen molar-refractivity contribution in [2.24, 2.45) is 11.7 Å². The summed E-state index contributed by atoms with van der Waals surface area (Å²) in [5.74, 6) is -1.73. The van der Waals surface area contributed by atoms with Crippen LogP contribution in [0.5, 0.6) is 0 Å². The van der Waals surface area contributed by atoms with Gasteiger partial charge in [-0.1, -0.05) is 55.8 Å². The second-order valence-corrected chi connectivity index (χ2v) is 8.80. The summed E-state index contributed by atoms with van der Waals surface area (Å²) in [5, 5.41) is 10.2. The Labute approximate surface area is 189 Å². The third-order valence-corrected chi connectivity index (χ3v) is 5.76. The van der Waals surface area contributed by atoms with Crippen LogP contribution in [0.3, 0.4) is 0 Å². The first-order valence-corrected chi connectivity index (χ1v) is 11.0. The Kier molecular flexibility index (Phi) is 7.41. The SMILES string of the molecule is Cc1ccc(-c2c(CN)c(CC(C)C)nc(C)c2C(Cc2ccc(F)cc2)C(=O)O)cc1. The van der Waals surface area contributed by atoms with Crippen molar-refractivity contribution in [3.8, 4) is 11.1 Å². The highest BCUT2D eigenvalue weighted by Gasteiger charge is 2.29. The van der Waals surface area contributed by atoms with Crippen LogP contribution >= 0.6 is 0 Å². The molecule has 1 aromatic heterocycles. The number of carboxylic acid groups (broad SMARTS) is 1. The Morgan fingerprint density at radius 3 is 2.19 bits per heavy atom. The maximum absolute atomic E-state index is 13.4. The molecule has 32 heavy (non-hydrogen) atoms. The van der Waals surface area contributed by atoms with Crippen LogP contribution < -0.4 is 5.73 Å². The van der Waals surface area contributed by atoms with Crippen molar-refractivity contribution in [1.82, 2.24) is 4.98 Å². The molecule has 0 aliphatic rings. The van der Waals surface area contributed by atoms with E-state index in [9.17, 15) is 14.3 Å². The highest BCUT2D eigenvalue weighted by Crippen LogP contribution is 2.38. The predicted octanol–water partition coefficient (Wildman–Crippen LogP) is 5.57. The van der Waals surface area contributed by atoms with Crippen molar-refractivity contribution in [1.29, 1.82) is 0 Å². The minimum absolute atomic E-state index is 0.241. The second-order valence-electron chi connectivity index (χ2n) is 8.80. The van der Waals surface area contributed by atoms with Gasteiger partial charge in [-0.15, -0.1) is 0 Å². The lowest BCUT2D eigenvalue weighted by Crippen LogP contribution is -2.21. The van der Waals surface area contributed by atoms with E-state index in [1.165, 1.54) is 12.1 Å². The van der Waals surface area contributed by atoms with E-state index >= 15 is 0 Å². The number of halogens is 1. The molecule has 0 radical (unpaired) electrons. The van der Waals surface area contributed by atoms with Gasteiger partial charge < -0.3 is 10.8 Å². The summed E-state index contributed by atoms with van der Waals surface area (Å²) in [5.41, 5.74) is 13.1. The molecular formula is C27H31FN2O2. The largest absolute Gasteiger partial charge is 0.481 e. The Morgan fingerprint density at radius 2 is 1.66 bits per heavy atom. The van der Waals surface area contributed by atoms with E-state index in [1.54, 1.807) is 12.1 Å². The molecule has 0 bridgehead atoms. The predicted molar refractivity (Wildman–Crippen MR) is 126 cm³/mol. The first-order chi connectivity index (χ1) is 15.2. The number of nitrogens with zero attached hydrogens (tertiary/aromatic N) is 1. The van der Waals surface area contributed by atoms with Crippen LogP contribution in [0.4, 0.5) is 4.39 Å². The van der Waals surface area contributed by atoms with Gasteiger partial charge in [0.05, 0.1) is 5.92 Å². The summed E-state index contributed by atoms with van der Waals surface area (Å²) in [6, 6.07) is 14.1. The van der Waals surface area contributed by atoms with Crippen LogP contribution in [0.2, 0.25) is 0 Å². The summed E-state index contributed by atoms with van der Waals surface area (Å²) in [6.07, 6.45) is 1.01. The molecule has 168 valence electrons. The zero-order chi connectivity index (χ0) is 23.4. The van der Waals surface area contributed by atoms with Gasteiger partial charge in [0.15, 0.2) is 0 Å². The molecule has 0 saturated carbocycles. The van der Waals surface area contributed by atoms with Crippen LogP contribution in [0.1, 0.15) is 53.4 Å². The molecule has 3 aromatic rings. The van der Waals surface area contributed by atoms with Crippen molar-refractivity contribution in [2.75, 3.05) is 0 Å². The fourth-order valence-corrected chi connectivity index (χ4v) is 4.24. The van der Waals surface area contributed by atoms with E-state index in [0.717, 1.165) is 39.9 Å². The number of hydrogen-bond acceptors (Lipinski definition) is 3. The fraction of sp³-hybridized carbons (Fsp3) is 0.333. The highest BCUT2D eigenvalue weighted by atomic mass is 19.1. The van der Waals surface area contributed by atoms with Crippen molar-refractivity contribution in [3.05, 3.63) is 88.0 Å². The van der Waals surface area contributed by atoms with E-state index in [1.807, 2.05) is 38.1 Å². The highest BCUT2D eigenvalue weighted by molar-refractivity contribution is 5.84. The minimum atomic E-state index is -0.938. The van der Waals surface area contributed by atoms with Crippen LogP contribution in [0, 0.1) is 25.6 Å². The number of aromatic nitrogens is 1. The van der Waals surface area contributed by atoms with Crippen molar-refractivity contribution >= 4 is 5.97 Å². The third-order valence-electron chi connectivity index (χ3n) is 5.76. The molecule has 0 aliphatic carbocycles. The lowest BCUT2D eigenvalue weighted by Gasteiger charge is -2.25. The minimum Gasteiger partial charge on any atom is -0.481 e. The number of aryl methyl sites for hydroxylation is 2. The summed E-state index contributed by atoms with van der Waals surface area (Å²) >= 11 is 0. The summed E-state index contributed by atoms with van der Waals surface area (Å²) in [4.78, 5) is 17.3. The number of carbonyl (C=O) groups is 1. The number of pyridine rings is 1. The van der Waals surface area contributed by atoms with Crippen LogP contribution in [-0.2, 0) is 24.2 Å². The number of nitrogens with two attached hydrogens (primary N) is 1.